The molecule has 112 valence electrons. The van der Waals surface area contributed by atoms with Gasteiger partial charge in [-0.05, 0) is 28.3 Å². The van der Waals surface area contributed by atoms with E-state index in [-0.39, 0.29) is 12.3 Å². The Bertz CT molecular complexity index is 569. The Hall–Kier alpha value is -1.38. The minimum absolute atomic E-state index is 0.0518. The van der Waals surface area contributed by atoms with Crippen LogP contribution in [0.4, 0.5) is 13.2 Å². The minimum Gasteiger partial charge on any atom is -0.480 e. The van der Waals surface area contributed by atoms with Gasteiger partial charge in [0.1, 0.15) is 6.04 Å². The van der Waals surface area contributed by atoms with Crippen LogP contribution in [0.3, 0.4) is 0 Å². The number of aromatic nitrogens is 2. The van der Waals surface area contributed by atoms with Gasteiger partial charge in [-0.25, -0.2) is 9.59 Å². The molecule has 9 heteroatoms. The molecule has 0 unspecified atom stereocenters. The van der Waals surface area contributed by atoms with E-state index in [0.29, 0.717) is 4.57 Å². The molecule has 1 aromatic rings. The maximum absolute atomic E-state index is 12.6. The molecular formula is C11H12BrF3N2O3. The summed E-state index contributed by atoms with van der Waals surface area (Å²) in [6.45, 7) is 3.49. The van der Waals surface area contributed by atoms with Crippen LogP contribution < -0.4 is 5.69 Å². The average Bonchev–Trinajstić information content (AvgIpc) is 2.26. The first-order valence-corrected chi connectivity index (χ1v) is 6.42. The topological polar surface area (TPSA) is 72.2 Å². The van der Waals surface area contributed by atoms with Crippen LogP contribution >= 0.6 is 15.9 Å². The number of rotatable bonds is 4. The van der Waals surface area contributed by atoms with Crippen molar-refractivity contribution < 1.29 is 23.1 Å². The van der Waals surface area contributed by atoms with Gasteiger partial charge in [0, 0.05) is 6.20 Å². The Morgan fingerprint density at radius 1 is 1.50 bits per heavy atom. The number of alkyl halides is 3. The summed E-state index contributed by atoms with van der Waals surface area (Å²) in [4.78, 5) is 25.7. The molecule has 0 radical (unpaired) electrons. The first-order valence-electron chi connectivity index (χ1n) is 5.62. The van der Waals surface area contributed by atoms with Gasteiger partial charge in [-0.3, -0.25) is 4.57 Å². The quantitative estimate of drug-likeness (QED) is 0.900. The number of carboxylic acid groups (broad SMARTS) is 1. The van der Waals surface area contributed by atoms with Crippen LogP contribution in [0, 0.1) is 5.92 Å². The standard InChI is InChI=1S/C11H12BrF3N2O3/c1-5(2)3-7(9(18)19)17-4-6(12)8(11(13,14)15)16-10(17)20/h4-5,7H,3H2,1-2H3,(H,18,19)/t7-/m0/s1. The fourth-order valence-electron chi connectivity index (χ4n) is 1.65. The largest absolute Gasteiger partial charge is 0.480 e. The van der Waals surface area contributed by atoms with E-state index in [9.17, 15) is 22.8 Å². The molecule has 0 bridgehead atoms. The summed E-state index contributed by atoms with van der Waals surface area (Å²) in [6, 6.07) is -1.26. The van der Waals surface area contributed by atoms with Gasteiger partial charge in [-0.1, -0.05) is 13.8 Å². The number of nitrogens with zero attached hydrogens (tertiary/aromatic N) is 2. The third-order valence-corrected chi connectivity index (χ3v) is 3.07. The molecule has 0 spiro atoms. The molecule has 1 rings (SSSR count). The van der Waals surface area contributed by atoms with E-state index >= 15 is 0 Å². The minimum atomic E-state index is -4.78. The molecule has 5 nitrogen and oxygen atoms in total. The number of aliphatic carboxylic acids is 1. The third-order valence-electron chi connectivity index (χ3n) is 2.49. The monoisotopic (exact) mass is 356 g/mol. The van der Waals surface area contributed by atoms with Crippen LogP contribution in [0.15, 0.2) is 15.5 Å². The Balaban J connectivity index is 3.36. The molecule has 0 aliphatic rings. The second-order valence-electron chi connectivity index (χ2n) is 4.61. The fourth-order valence-corrected chi connectivity index (χ4v) is 2.18. The third kappa shape index (κ3) is 3.81. The van der Waals surface area contributed by atoms with Gasteiger partial charge in [0.25, 0.3) is 0 Å². The molecule has 0 saturated heterocycles. The number of carboxylic acids is 1. The van der Waals surface area contributed by atoms with E-state index in [4.69, 9.17) is 5.11 Å². The SMILES string of the molecule is CC(C)C[C@@H](C(=O)O)n1cc(Br)c(C(F)(F)F)nc1=O. The normalized spacial score (nSPS) is 13.6. The van der Waals surface area contributed by atoms with E-state index in [0.717, 1.165) is 6.20 Å². The second-order valence-corrected chi connectivity index (χ2v) is 5.46. The van der Waals surface area contributed by atoms with Gasteiger partial charge in [0.15, 0.2) is 5.69 Å². The van der Waals surface area contributed by atoms with Crippen LogP contribution in [0.25, 0.3) is 0 Å². The molecule has 1 aromatic heterocycles. The van der Waals surface area contributed by atoms with Crippen molar-refractivity contribution in [3.63, 3.8) is 0 Å². The lowest BCUT2D eigenvalue weighted by atomic mass is 10.0. The summed E-state index contributed by atoms with van der Waals surface area (Å²) < 4.78 is 37.9. The maximum atomic E-state index is 12.6. The predicted octanol–water partition coefficient (Wildman–Crippen LogP) is 2.70. The molecule has 0 aliphatic heterocycles. The van der Waals surface area contributed by atoms with E-state index in [1.807, 2.05) is 0 Å². The summed E-state index contributed by atoms with van der Waals surface area (Å²) in [7, 11) is 0. The fraction of sp³-hybridized carbons (Fsp3) is 0.545. The number of halogens is 4. The molecule has 0 amide bonds. The molecule has 1 atom stereocenters. The second kappa shape index (κ2) is 5.94. The van der Waals surface area contributed by atoms with Crippen molar-refractivity contribution in [1.82, 2.24) is 9.55 Å². The smallest absolute Gasteiger partial charge is 0.434 e. The van der Waals surface area contributed by atoms with Crippen LogP contribution in [-0.4, -0.2) is 20.6 Å². The summed E-state index contributed by atoms with van der Waals surface area (Å²) in [5.74, 6) is -1.35. The van der Waals surface area contributed by atoms with Crippen LogP contribution in [0.1, 0.15) is 32.0 Å². The Morgan fingerprint density at radius 3 is 2.45 bits per heavy atom. The first-order chi connectivity index (χ1) is 9.04. The van der Waals surface area contributed by atoms with E-state index < -0.39 is 34.0 Å². The molecule has 0 saturated carbocycles. The summed E-state index contributed by atoms with van der Waals surface area (Å²) in [5, 5.41) is 9.10. The number of hydrogen-bond acceptors (Lipinski definition) is 3. The van der Waals surface area contributed by atoms with Crippen molar-refractivity contribution in [2.75, 3.05) is 0 Å². The Morgan fingerprint density at radius 2 is 2.05 bits per heavy atom. The first kappa shape index (κ1) is 16.7. The van der Waals surface area contributed by atoms with Crippen LogP contribution in [-0.2, 0) is 11.0 Å². The molecule has 0 fully saturated rings. The molecular weight excluding hydrogens is 345 g/mol. The van der Waals surface area contributed by atoms with Crippen molar-refractivity contribution in [3.05, 3.63) is 26.8 Å². The highest BCUT2D eigenvalue weighted by molar-refractivity contribution is 9.10. The highest BCUT2D eigenvalue weighted by atomic mass is 79.9. The zero-order valence-corrected chi connectivity index (χ0v) is 12.2. The van der Waals surface area contributed by atoms with Crippen molar-refractivity contribution in [1.29, 1.82) is 0 Å². The predicted molar refractivity (Wildman–Crippen MR) is 67.3 cm³/mol. The lowest BCUT2D eigenvalue weighted by Gasteiger charge is -2.18. The van der Waals surface area contributed by atoms with Gasteiger partial charge in [0.2, 0.25) is 0 Å². The number of carbonyl (C=O) groups is 1. The lowest BCUT2D eigenvalue weighted by Crippen LogP contribution is -2.34. The zero-order valence-electron chi connectivity index (χ0n) is 10.6. The van der Waals surface area contributed by atoms with Gasteiger partial charge in [-0.15, -0.1) is 0 Å². The Kier molecular flexibility index (Phi) is 4.95. The van der Waals surface area contributed by atoms with Crippen molar-refractivity contribution in [2.45, 2.75) is 32.5 Å². The lowest BCUT2D eigenvalue weighted by molar-refractivity contribution is -0.142. The van der Waals surface area contributed by atoms with Crippen LogP contribution in [0.2, 0.25) is 0 Å². The highest BCUT2D eigenvalue weighted by Crippen LogP contribution is 2.32. The van der Waals surface area contributed by atoms with E-state index in [1.54, 1.807) is 13.8 Å². The molecule has 0 aromatic carbocycles. The van der Waals surface area contributed by atoms with Gasteiger partial charge in [-0.2, -0.15) is 18.2 Å². The zero-order chi connectivity index (χ0) is 15.7. The summed E-state index contributed by atoms with van der Waals surface area (Å²) in [6.07, 6.45) is -3.86. The maximum Gasteiger partial charge on any atom is 0.434 e. The molecule has 1 heterocycles. The average molecular weight is 357 g/mol. The number of hydrogen-bond donors (Lipinski definition) is 1. The van der Waals surface area contributed by atoms with Crippen LogP contribution in [0.5, 0.6) is 0 Å². The van der Waals surface area contributed by atoms with Gasteiger partial charge < -0.3 is 5.11 Å². The Labute approximate surface area is 120 Å². The summed E-state index contributed by atoms with van der Waals surface area (Å²) >= 11 is 2.67. The van der Waals surface area contributed by atoms with Crippen molar-refractivity contribution in [2.24, 2.45) is 5.92 Å². The van der Waals surface area contributed by atoms with E-state index in [1.165, 1.54) is 0 Å². The summed E-state index contributed by atoms with van der Waals surface area (Å²) in [5.41, 5.74) is -2.61. The molecule has 20 heavy (non-hydrogen) atoms. The van der Waals surface area contributed by atoms with Gasteiger partial charge in [0.05, 0.1) is 4.47 Å². The van der Waals surface area contributed by atoms with Crippen molar-refractivity contribution in [3.8, 4) is 0 Å². The van der Waals surface area contributed by atoms with E-state index in [2.05, 4.69) is 20.9 Å². The van der Waals surface area contributed by atoms with Crippen molar-refractivity contribution >= 4 is 21.9 Å². The molecule has 0 aliphatic carbocycles. The van der Waals surface area contributed by atoms with Gasteiger partial charge >= 0.3 is 17.8 Å². The molecule has 1 N–H and O–H groups in total. The highest BCUT2D eigenvalue weighted by Gasteiger charge is 2.36.